The van der Waals surface area contributed by atoms with Gasteiger partial charge in [-0.25, -0.2) is 4.79 Å². The lowest BCUT2D eigenvalue weighted by Crippen LogP contribution is -2.48. The molecule has 1 heterocycles. The van der Waals surface area contributed by atoms with Crippen LogP contribution in [-0.2, 0) is 14.3 Å². The molecule has 130 valence electrons. The van der Waals surface area contributed by atoms with Crippen molar-refractivity contribution in [1.82, 2.24) is 10.2 Å². The summed E-state index contributed by atoms with van der Waals surface area (Å²) in [6, 6.07) is 4.71. The molecule has 0 aromatic heterocycles. The highest BCUT2D eigenvalue weighted by Gasteiger charge is 2.48. The van der Waals surface area contributed by atoms with Crippen LogP contribution in [0, 0.1) is 6.92 Å². The Hall–Kier alpha value is -2.61. The number of rotatable bonds is 6. The second-order valence-electron chi connectivity index (χ2n) is 5.84. The second kappa shape index (κ2) is 6.88. The molecule has 1 aromatic rings. The zero-order chi connectivity index (χ0) is 17.9. The quantitative estimate of drug-likeness (QED) is 0.753. The van der Waals surface area contributed by atoms with Gasteiger partial charge in [0.15, 0.2) is 0 Å². The summed E-state index contributed by atoms with van der Waals surface area (Å²) >= 11 is 0. The molecule has 1 aliphatic heterocycles. The predicted molar refractivity (Wildman–Crippen MR) is 86.9 cm³/mol. The molecule has 8 nitrogen and oxygen atoms in total. The summed E-state index contributed by atoms with van der Waals surface area (Å²) in [5.41, 5.74) is 0.260. The lowest BCUT2D eigenvalue weighted by Gasteiger charge is -2.20. The average molecular weight is 335 g/mol. The van der Waals surface area contributed by atoms with Gasteiger partial charge in [0.25, 0.3) is 5.91 Å². The van der Waals surface area contributed by atoms with Crippen LogP contribution >= 0.6 is 0 Å². The molecule has 2 rings (SSSR count). The standard InChI is InChI=1S/C16H21N3O5/c1-10-5-6-12(24-4)11(7-10)17-13(20)8-19-14(21)16(2,9-23-3)18-15(19)22/h5-7H,8-9H2,1-4H3,(H,17,20)(H,18,22)/t16-/m0/s1. The van der Waals surface area contributed by atoms with Crippen LogP contribution in [0.5, 0.6) is 5.75 Å². The third-order valence-electron chi connectivity index (χ3n) is 3.71. The maximum atomic E-state index is 12.4. The van der Waals surface area contributed by atoms with Crippen LogP contribution in [0.3, 0.4) is 0 Å². The van der Waals surface area contributed by atoms with Crippen LogP contribution in [0.2, 0.25) is 0 Å². The molecule has 0 unspecified atom stereocenters. The fourth-order valence-electron chi connectivity index (χ4n) is 2.53. The third-order valence-corrected chi connectivity index (χ3v) is 3.71. The van der Waals surface area contributed by atoms with E-state index in [0.717, 1.165) is 10.5 Å². The number of imide groups is 1. The minimum absolute atomic E-state index is 0.0292. The number of ether oxygens (including phenoxy) is 2. The maximum absolute atomic E-state index is 12.4. The first kappa shape index (κ1) is 17.7. The van der Waals surface area contributed by atoms with Crippen LogP contribution in [0.15, 0.2) is 18.2 Å². The van der Waals surface area contributed by atoms with E-state index in [2.05, 4.69) is 10.6 Å². The lowest BCUT2D eigenvalue weighted by molar-refractivity contribution is -0.134. The van der Waals surface area contributed by atoms with Crippen molar-refractivity contribution in [3.63, 3.8) is 0 Å². The van der Waals surface area contributed by atoms with Gasteiger partial charge in [0, 0.05) is 7.11 Å². The monoisotopic (exact) mass is 335 g/mol. The van der Waals surface area contributed by atoms with E-state index < -0.39 is 23.4 Å². The topological polar surface area (TPSA) is 97.0 Å². The van der Waals surface area contributed by atoms with Crippen LogP contribution in [0.1, 0.15) is 12.5 Å². The summed E-state index contributed by atoms with van der Waals surface area (Å²) in [6.07, 6.45) is 0. The molecule has 8 heteroatoms. The van der Waals surface area contributed by atoms with Gasteiger partial charge >= 0.3 is 6.03 Å². The van der Waals surface area contributed by atoms with E-state index in [-0.39, 0.29) is 13.2 Å². The number of nitrogens with zero attached hydrogens (tertiary/aromatic N) is 1. The molecule has 0 aliphatic carbocycles. The van der Waals surface area contributed by atoms with E-state index in [4.69, 9.17) is 9.47 Å². The van der Waals surface area contributed by atoms with Crippen LogP contribution in [0.25, 0.3) is 0 Å². The molecule has 1 aliphatic rings. The molecule has 0 radical (unpaired) electrons. The van der Waals surface area contributed by atoms with Crippen molar-refractivity contribution in [3.05, 3.63) is 23.8 Å². The first-order chi connectivity index (χ1) is 11.3. The maximum Gasteiger partial charge on any atom is 0.325 e. The number of benzene rings is 1. The molecular weight excluding hydrogens is 314 g/mol. The Bertz CT molecular complexity index is 676. The SMILES string of the molecule is COC[C@]1(C)NC(=O)N(CC(=O)Nc2cc(C)ccc2OC)C1=O. The summed E-state index contributed by atoms with van der Waals surface area (Å²) in [7, 11) is 2.93. The predicted octanol–water partition coefficient (Wildman–Crippen LogP) is 0.899. The first-order valence-corrected chi connectivity index (χ1v) is 7.38. The lowest BCUT2D eigenvalue weighted by atomic mass is 10.0. The summed E-state index contributed by atoms with van der Waals surface area (Å²) in [6.45, 7) is 3.07. The van der Waals surface area contributed by atoms with Crippen molar-refractivity contribution in [1.29, 1.82) is 0 Å². The number of amides is 4. The largest absolute Gasteiger partial charge is 0.495 e. The minimum atomic E-state index is -1.16. The zero-order valence-corrected chi connectivity index (χ0v) is 14.1. The number of hydrogen-bond acceptors (Lipinski definition) is 5. The van der Waals surface area contributed by atoms with E-state index in [0.29, 0.717) is 11.4 Å². The van der Waals surface area contributed by atoms with E-state index >= 15 is 0 Å². The Morgan fingerprint density at radius 1 is 1.33 bits per heavy atom. The Kier molecular flexibility index (Phi) is 5.08. The fraction of sp³-hybridized carbons (Fsp3) is 0.438. The van der Waals surface area contributed by atoms with Crippen molar-refractivity contribution in [3.8, 4) is 5.75 Å². The summed E-state index contributed by atoms with van der Waals surface area (Å²) in [5.74, 6) is -0.500. The number of anilines is 1. The van der Waals surface area contributed by atoms with E-state index in [1.165, 1.54) is 14.2 Å². The second-order valence-corrected chi connectivity index (χ2v) is 5.84. The van der Waals surface area contributed by atoms with Crippen molar-refractivity contribution < 1.29 is 23.9 Å². The van der Waals surface area contributed by atoms with Gasteiger partial charge < -0.3 is 20.1 Å². The molecule has 0 spiro atoms. The molecule has 1 saturated heterocycles. The van der Waals surface area contributed by atoms with Gasteiger partial charge in [-0.2, -0.15) is 0 Å². The Morgan fingerprint density at radius 2 is 2.04 bits per heavy atom. The Balaban J connectivity index is 2.09. The Labute approximate surface area is 140 Å². The minimum Gasteiger partial charge on any atom is -0.495 e. The summed E-state index contributed by atoms with van der Waals surface area (Å²) < 4.78 is 10.1. The molecule has 0 saturated carbocycles. The molecule has 1 fully saturated rings. The first-order valence-electron chi connectivity index (χ1n) is 7.38. The average Bonchev–Trinajstić information content (AvgIpc) is 2.71. The third kappa shape index (κ3) is 3.48. The van der Waals surface area contributed by atoms with Crippen LogP contribution in [-0.4, -0.2) is 55.7 Å². The number of methoxy groups -OCH3 is 2. The van der Waals surface area contributed by atoms with Crippen molar-refractivity contribution >= 4 is 23.5 Å². The number of carbonyl (C=O) groups is 3. The van der Waals surface area contributed by atoms with Gasteiger partial charge in [0.2, 0.25) is 5.91 Å². The normalized spacial score (nSPS) is 20.1. The number of urea groups is 1. The number of nitrogens with one attached hydrogen (secondary N) is 2. The molecule has 4 amide bonds. The van der Waals surface area contributed by atoms with Gasteiger partial charge in [0.05, 0.1) is 19.4 Å². The molecule has 1 aromatic carbocycles. The number of hydrogen-bond donors (Lipinski definition) is 2. The smallest absolute Gasteiger partial charge is 0.325 e. The van der Waals surface area contributed by atoms with E-state index in [9.17, 15) is 14.4 Å². The highest BCUT2D eigenvalue weighted by Crippen LogP contribution is 2.25. The van der Waals surface area contributed by atoms with Gasteiger partial charge in [0.1, 0.15) is 17.8 Å². The highest BCUT2D eigenvalue weighted by molar-refractivity contribution is 6.10. The van der Waals surface area contributed by atoms with Crippen molar-refractivity contribution in [2.45, 2.75) is 19.4 Å². The van der Waals surface area contributed by atoms with Crippen LogP contribution in [0.4, 0.5) is 10.5 Å². The van der Waals surface area contributed by atoms with E-state index in [1.54, 1.807) is 19.1 Å². The fourth-order valence-corrected chi connectivity index (χ4v) is 2.53. The molecular formula is C16H21N3O5. The van der Waals surface area contributed by atoms with Gasteiger partial charge in [-0.05, 0) is 31.5 Å². The van der Waals surface area contributed by atoms with Crippen LogP contribution < -0.4 is 15.4 Å². The highest BCUT2D eigenvalue weighted by atomic mass is 16.5. The Morgan fingerprint density at radius 3 is 2.67 bits per heavy atom. The van der Waals surface area contributed by atoms with Gasteiger partial charge in [-0.3, -0.25) is 14.5 Å². The van der Waals surface area contributed by atoms with E-state index in [1.807, 2.05) is 13.0 Å². The number of carbonyl (C=O) groups excluding carboxylic acids is 3. The number of aryl methyl sites for hydroxylation is 1. The molecule has 24 heavy (non-hydrogen) atoms. The van der Waals surface area contributed by atoms with Crippen molar-refractivity contribution in [2.24, 2.45) is 0 Å². The molecule has 2 N–H and O–H groups in total. The molecule has 1 atom stereocenters. The zero-order valence-electron chi connectivity index (χ0n) is 14.1. The van der Waals surface area contributed by atoms with Gasteiger partial charge in [-0.1, -0.05) is 6.07 Å². The molecule has 0 bridgehead atoms. The summed E-state index contributed by atoms with van der Waals surface area (Å²) in [5, 5.41) is 5.20. The van der Waals surface area contributed by atoms with Crippen molar-refractivity contribution in [2.75, 3.05) is 32.7 Å². The van der Waals surface area contributed by atoms with Gasteiger partial charge in [-0.15, -0.1) is 0 Å². The summed E-state index contributed by atoms with van der Waals surface area (Å²) in [4.78, 5) is 37.4.